The molecule has 0 spiro atoms. The molecule has 0 saturated carbocycles. The van der Waals surface area contributed by atoms with E-state index in [0.29, 0.717) is 5.82 Å². The largest absolute Gasteiger partial charge is 0.322 e. The molecule has 1 aromatic heterocycles. The van der Waals surface area contributed by atoms with Crippen molar-refractivity contribution in [1.82, 2.24) is 15.1 Å². The number of fused-ring (bicyclic) bond motifs is 4. The Hall–Kier alpha value is -2.83. The molecule has 2 unspecified atom stereocenters. The summed E-state index contributed by atoms with van der Waals surface area (Å²) < 4.78 is 0. The summed E-state index contributed by atoms with van der Waals surface area (Å²) in [6.45, 7) is 3.94. The van der Waals surface area contributed by atoms with E-state index in [4.69, 9.17) is 0 Å². The van der Waals surface area contributed by atoms with E-state index in [-0.39, 0.29) is 24.2 Å². The molecule has 1 fully saturated rings. The van der Waals surface area contributed by atoms with E-state index in [9.17, 15) is 4.79 Å². The fourth-order valence-corrected chi connectivity index (χ4v) is 3.92. The third kappa shape index (κ3) is 3.67. The fraction of sp³-hybridized carbons (Fsp3) is 0.450. The molecule has 0 aliphatic carbocycles. The van der Waals surface area contributed by atoms with Gasteiger partial charge in [0, 0.05) is 23.7 Å². The van der Waals surface area contributed by atoms with Gasteiger partial charge in [0.15, 0.2) is 5.82 Å². The van der Waals surface area contributed by atoms with E-state index in [0.717, 1.165) is 42.6 Å². The summed E-state index contributed by atoms with van der Waals surface area (Å²) >= 11 is 0. The second-order valence-corrected chi connectivity index (χ2v) is 7.42. The number of carbonyl (C=O) groups excluding carboxylic acids is 1. The van der Waals surface area contributed by atoms with Crippen molar-refractivity contribution in [2.24, 2.45) is 10.2 Å². The van der Waals surface area contributed by atoms with E-state index in [2.05, 4.69) is 25.7 Å². The first-order valence-corrected chi connectivity index (χ1v) is 9.53. The molecule has 2 aliphatic heterocycles. The van der Waals surface area contributed by atoms with Crippen LogP contribution in [0.1, 0.15) is 50.4 Å². The maximum absolute atomic E-state index is 13.0. The molecule has 2 atom stereocenters. The van der Waals surface area contributed by atoms with Crippen molar-refractivity contribution in [3.8, 4) is 0 Å². The van der Waals surface area contributed by atoms with Gasteiger partial charge >= 0.3 is 6.03 Å². The van der Waals surface area contributed by atoms with Crippen molar-refractivity contribution in [2.75, 3.05) is 5.32 Å². The van der Waals surface area contributed by atoms with Gasteiger partial charge in [-0.25, -0.2) is 4.79 Å². The Kier molecular flexibility index (Phi) is 4.83. The lowest BCUT2D eigenvalue weighted by molar-refractivity contribution is 0.104. The molecule has 1 saturated heterocycles. The number of hydrogen-bond acceptors (Lipinski definition) is 5. The molecule has 2 bridgehead atoms. The topological polar surface area (TPSA) is 82.8 Å². The molecule has 1 aromatic carbocycles. The molecular formula is C20H24N6O. The molecule has 4 rings (SSSR count). The van der Waals surface area contributed by atoms with Crippen LogP contribution in [0, 0.1) is 0 Å². The summed E-state index contributed by atoms with van der Waals surface area (Å²) in [4.78, 5) is 15.0. The highest BCUT2D eigenvalue weighted by Gasteiger charge is 2.41. The molecule has 2 amide bonds. The minimum Gasteiger partial charge on any atom is -0.314 e. The van der Waals surface area contributed by atoms with Crippen LogP contribution in [0.25, 0.3) is 0 Å². The van der Waals surface area contributed by atoms with E-state index in [1.54, 1.807) is 0 Å². The molecule has 140 valence electrons. The quantitative estimate of drug-likeness (QED) is 0.805. The van der Waals surface area contributed by atoms with Crippen LogP contribution < -0.4 is 5.32 Å². The van der Waals surface area contributed by atoms with Crippen LogP contribution in [0.5, 0.6) is 0 Å². The Morgan fingerprint density at radius 1 is 1.22 bits per heavy atom. The van der Waals surface area contributed by atoms with Gasteiger partial charge in [-0.15, -0.1) is 10.2 Å². The summed E-state index contributed by atoms with van der Waals surface area (Å²) in [6, 6.07) is 11.8. The number of nitrogens with zero attached hydrogens (tertiary/aromatic N) is 5. The van der Waals surface area contributed by atoms with Gasteiger partial charge in [-0.2, -0.15) is 10.2 Å². The zero-order chi connectivity index (χ0) is 18.8. The Balaban J connectivity index is 1.62. The van der Waals surface area contributed by atoms with Crippen LogP contribution >= 0.6 is 0 Å². The Morgan fingerprint density at radius 2 is 2.04 bits per heavy atom. The fourth-order valence-electron chi connectivity index (χ4n) is 3.92. The van der Waals surface area contributed by atoms with Gasteiger partial charge < -0.3 is 10.2 Å². The van der Waals surface area contributed by atoms with Crippen molar-refractivity contribution >= 4 is 17.5 Å². The molecule has 7 heteroatoms. The average molecular weight is 364 g/mol. The molecule has 27 heavy (non-hydrogen) atoms. The summed E-state index contributed by atoms with van der Waals surface area (Å²) in [6.07, 6.45) is 3.77. The standard InChI is InChI=1S/C20H24N6O/c1-13(2)22-24-19-12-16-17(23-25-19)11-15-9-6-10-18(16)26(15)20(27)21-14-7-4-3-5-8-14/h3-5,7-8,12-13,15,18H,6,9-11H2,1-2H3,(H,21,27). The molecule has 0 radical (unpaired) electrons. The predicted octanol–water partition coefficient (Wildman–Crippen LogP) is 4.65. The van der Waals surface area contributed by atoms with Gasteiger partial charge in [0.1, 0.15) is 0 Å². The monoisotopic (exact) mass is 364 g/mol. The number of nitrogens with one attached hydrogen (secondary N) is 1. The Bertz CT molecular complexity index is 851. The molecular weight excluding hydrogens is 340 g/mol. The second kappa shape index (κ2) is 7.42. The van der Waals surface area contributed by atoms with Crippen LogP contribution in [0.3, 0.4) is 0 Å². The first-order chi connectivity index (χ1) is 13.1. The minimum absolute atomic E-state index is 0.0136. The van der Waals surface area contributed by atoms with Crippen LogP contribution in [0.15, 0.2) is 46.6 Å². The number of benzene rings is 1. The van der Waals surface area contributed by atoms with E-state index >= 15 is 0 Å². The number of rotatable bonds is 3. The number of hydrogen-bond donors (Lipinski definition) is 1. The molecule has 2 aliphatic rings. The van der Waals surface area contributed by atoms with Gasteiger partial charge in [-0.05, 0) is 51.3 Å². The van der Waals surface area contributed by atoms with Gasteiger partial charge in [0.05, 0.1) is 17.8 Å². The van der Waals surface area contributed by atoms with E-state index in [1.165, 1.54) is 0 Å². The van der Waals surface area contributed by atoms with E-state index < -0.39 is 0 Å². The van der Waals surface area contributed by atoms with Gasteiger partial charge in [0.2, 0.25) is 0 Å². The summed E-state index contributed by atoms with van der Waals surface area (Å²) in [5, 5.41) is 20.0. The minimum atomic E-state index is -0.0521. The maximum atomic E-state index is 13.0. The number of piperidine rings is 1. The van der Waals surface area contributed by atoms with Gasteiger partial charge in [-0.1, -0.05) is 18.2 Å². The first kappa shape index (κ1) is 17.6. The van der Waals surface area contributed by atoms with Crippen molar-refractivity contribution < 1.29 is 4.79 Å². The first-order valence-electron chi connectivity index (χ1n) is 9.53. The van der Waals surface area contributed by atoms with Crippen molar-refractivity contribution in [3.63, 3.8) is 0 Å². The van der Waals surface area contributed by atoms with Crippen molar-refractivity contribution in [2.45, 2.75) is 57.7 Å². The van der Waals surface area contributed by atoms with Gasteiger partial charge in [0.25, 0.3) is 0 Å². The lowest BCUT2D eigenvalue weighted by Gasteiger charge is -2.46. The third-order valence-corrected chi connectivity index (χ3v) is 5.07. The van der Waals surface area contributed by atoms with Gasteiger partial charge in [-0.3, -0.25) is 0 Å². The van der Waals surface area contributed by atoms with Crippen LogP contribution in [-0.4, -0.2) is 33.2 Å². The zero-order valence-corrected chi connectivity index (χ0v) is 15.7. The highest BCUT2D eigenvalue weighted by atomic mass is 16.2. The predicted molar refractivity (Wildman–Crippen MR) is 103 cm³/mol. The zero-order valence-electron chi connectivity index (χ0n) is 15.7. The number of carbonyl (C=O) groups is 1. The lowest BCUT2D eigenvalue weighted by Crippen LogP contribution is -2.51. The van der Waals surface area contributed by atoms with Crippen LogP contribution in [0.4, 0.5) is 16.3 Å². The number of para-hydroxylation sites is 1. The average Bonchev–Trinajstić information content (AvgIpc) is 2.67. The van der Waals surface area contributed by atoms with Crippen LogP contribution in [-0.2, 0) is 6.42 Å². The normalized spacial score (nSPS) is 21.4. The van der Waals surface area contributed by atoms with Crippen molar-refractivity contribution in [1.29, 1.82) is 0 Å². The van der Waals surface area contributed by atoms with E-state index in [1.807, 2.05) is 55.1 Å². The summed E-state index contributed by atoms with van der Waals surface area (Å²) in [5.74, 6) is 0.509. The number of urea groups is 1. The number of azo groups is 1. The Morgan fingerprint density at radius 3 is 2.81 bits per heavy atom. The summed E-state index contributed by atoms with van der Waals surface area (Å²) in [5.41, 5.74) is 2.85. The third-order valence-electron chi connectivity index (χ3n) is 5.07. The van der Waals surface area contributed by atoms with Crippen molar-refractivity contribution in [3.05, 3.63) is 47.7 Å². The lowest BCUT2D eigenvalue weighted by atomic mass is 9.82. The smallest absolute Gasteiger partial charge is 0.314 e. The number of amides is 2. The molecule has 2 aromatic rings. The number of aromatic nitrogens is 2. The highest BCUT2D eigenvalue weighted by molar-refractivity contribution is 5.90. The second-order valence-electron chi connectivity index (χ2n) is 7.42. The number of anilines is 1. The summed E-state index contributed by atoms with van der Waals surface area (Å²) in [7, 11) is 0. The molecule has 3 heterocycles. The Labute approximate surface area is 158 Å². The molecule has 7 nitrogen and oxygen atoms in total. The van der Waals surface area contributed by atoms with Crippen LogP contribution in [0.2, 0.25) is 0 Å². The highest BCUT2D eigenvalue weighted by Crippen LogP contribution is 2.42. The molecule has 1 N–H and O–H groups in total. The SMILES string of the molecule is CC(C)N=Nc1cc2c(nn1)CC1CCCC2N1C(=O)Nc1ccccc1. The maximum Gasteiger partial charge on any atom is 0.322 e.